The Morgan fingerprint density at radius 3 is 0.642 bits per heavy atom. The van der Waals surface area contributed by atoms with Crippen LogP contribution in [0.2, 0.25) is 0 Å². The van der Waals surface area contributed by atoms with Crippen LogP contribution >= 0.6 is 15.6 Å². The van der Waals surface area contributed by atoms with E-state index >= 15 is 0 Å². The average Bonchev–Trinajstić information content (AvgIpc) is 0.902. The number of phosphoric ester groups is 2. The summed E-state index contributed by atoms with van der Waals surface area (Å²) < 4.78 is 68.8. The topological polar surface area (TPSA) is 237 Å². The molecule has 0 aromatic heterocycles. The minimum absolute atomic E-state index is 0.106. The summed E-state index contributed by atoms with van der Waals surface area (Å²) in [6, 6.07) is 0. The summed E-state index contributed by atoms with van der Waals surface area (Å²) in [5, 5.41) is 10.7. The molecule has 0 fully saturated rings. The van der Waals surface area contributed by atoms with Crippen molar-refractivity contribution in [3.63, 3.8) is 0 Å². The predicted octanol–water partition coefficient (Wildman–Crippen LogP) is 26.5. The number of unbranched alkanes of at least 4 members (excludes halogenated alkanes) is 53. The summed E-state index contributed by atoms with van der Waals surface area (Å²) in [7, 11) is -9.93. The van der Waals surface area contributed by atoms with Crippen molar-refractivity contribution < 1.29 is 80.2 Å². The molecule has 0 rings (SSSR count). The first-order chi connectivity index (χ1) is 51.2. The summed E-state index contributed by atoms with van der Waals surface area (Å²) in [6.07, 6.45) is 68.5. The molecule has 19 heteroatoms. The van der Waals surface area contributed by atoms with Crippen molar-refractivity contribution in [2.24, 2.45) is 17.8 Å². The second kappa shape index (κ2) is 77.0. The van der Waals surface area contributed by atoms with E-state index in [9.17, 15) is 43.2 Å². The minimum Gasteiger partial charge on any atom is -0.462 e. The Morgan fingerprint density at radius 2 is 0.434 bits per heavy atom. The van der Waals surface area contributed by atoms with E-state index < -0.39 is 97.5 Å². The van der Waals surface area contributed by atoms with E-state index in [2.05, 4.69) is 48.5 Å². The zero-order valence-electron chi connectivity index (χ0n) is 69.9. The SMILES string of the molecule is CCCCCCCCCCCCCCCCCCCCCCCCC(=O)O[C@H](COC(=O)CCCCCCCCCCCCCCCCCCCCC(C)C)COP(=O)(O)OC[C@@H](O)COP(=O)(O)OC[C@@H](COC(=O)CCCCCCCCC(C)C)OC(=O)CCCCCCCCCCCCCC(C)C. The highest BCUT2D eigenvalue weighted by molar-refractivity contribution is 7.47. The van der Waals surface area contributed by atoms with Crippen molar-refractivity contribution in [2.75, 3.05) is 39.6 Å². The highest BCUT2D eigenvalue weighted by Gasteiger charge is 2.30. The van der Waals surface area contributed by atoms with Gasteiger partial charge in [-0.15, -0.1) is 0 Å². The van der Waals surface area contributed by atoms with E-state index in [-0.39, 0.29) is 25.7 Å². The Hall–Kier alpha value is -1.94. The first kappa shape index (κ1) is 104. The quantitative estimate of drug-likeness (QED) is 0.0222. The van der Waals surface area contributed by atoms with E-state index in [0.29, 0.717) is 31.6 Å². The van der Waals surface area contributed by atoms with Crippen LogP contribution in [0, 0.1) is 17.8 Å². The molecule has 0 aromatic rings. The number of aliphatic hydroxyl groups excluding tert-OH is 1. The third kappa shape index (κ3) is 80.1. The lowest BCUT2D eigenvalue weighted by atomic mass is 10.0. The second-order valence-electron chi connectivity index (χ2n) is 32.7. The number of esters is 4. The van der Waals surface area contributed by atoms with Gasteiger partial charge < -0.3 is 33.8 Å². The Labute approximate surface area is 651 Å². The molecule has 0 radical (unpaired) electrons. The van der Waals surface area contributed by atoms with Crippen LogP contribution in [0.3, 0.4) is 0 Å². The van der Waals surface area contributed by atoms with Crippen molar-refractivity contribution in [3.05, 3.63) is 0 Å². The fourth-order valence-electron chi connectivity index (χ4n) is 13.5. The zero-order valence-corrected chi connectivity index (χ0v) is 71.7. The lowest BCUT2D eigenvalue weighted by molar-refractivity contribution is -0.161. The number of rotatable bonds is 85. The average molecular weight is 1550 g/mol. The maximum Gasteiger partial charge on any atom is 0.472 e. The number of ether oxygens (including phenoxy) is 4. The van der Waals surface area contributed by atoms with Gasteiger partial charge in [0.25, 0.3) is 0 Å². The van der Waals surface area contributed by atoms with Crippen LogP contribution in [-0.4, -0.2) is 96.7 Å². The van der Waals surface area contributed by atoms with Crippen LogP contribution in [0.1, 0.15) is 459 Å². The molecule has 3 N–H and O–H groups in total. The molecule has 17 nitrogen and oxygen atoms in total. The van der Waals surface area contributed by atoms with Crippen LogP contribution in [0.15, 0.2) is 0 Å². The highest BCUT2D eigenvalue weighted by Crippen LogP contribution is 2.45. The largest absolute Gasteiger partial charge is 0.472 e. The molecule has 0 saturated carbocycles. The van der Waals surface area contributed by atoms with Gasteiger partial charge in [-0.25, -0.2) is 9.13 Å². The summed E-state index contributed by atoms with van der Waals surface area (Å²) in [6.45, 7) is 11.9. The molecule has 0 aromatic carbocycles. The molecule has 106 heavy (non-hydrogen) atoms. The van der Waals surface area contributed by atoms with Crippen LogP contribution in [0.4, 0.5) is 0 Å². The first-order valence-electron chi connectivity index (χ1n) is 44.8. The van der Waals surface area contributed by atoms with Crippen molar-refractivity contribution in [2.45, 2.75) is 478 Å². The van der Waals surface area contributed by atoms with Gasteiger partial charge in [0, 0.05) is 25.7 Å². The normalized spacial score (nSPS) is 13.9. The van der Waals surface area contributed by atoms with Gasteiger partial charge in [0.05, 0.1) is 26.4 Å². The fraction of sp³-hybridized carbons (Fsp3) is 0.954. The molecule has 0 aliphatic heterocycles. The van der Waals surface area contributed by atoms with Crippen molar-refractivity contribution in [3.8, 4) is 0 Å². The monoisotopic (exact) mass is 1550 g/mol. The molecular weight excluding hydrogens is 1380 g/mol. The maximum absolute atomic E-state index is 13.2. The van der Waals surface area contributed by atoms with E-state index in [1.54, 1.807) is 0 Å². The zero-order chi connectivity index (χ0) is 77.9. The molecule has 2 unspecified atom stereocenters. The Morgan fingerprint density at radius 1 is 0.255 bits per heavy atom. The van der Waals surface area contributed by atoms with Crippen LogP contribution in [-0.2, 0) is 65.4 Å². The molecule has 630 valence electrons. The van der Waals surface area contributed by atoms with Gasteiger partial charge >= 0.3 is 39.5 Å². The fourth-order valence-corrected chi connectivity index (χ4v) is 15.1. The molecule has 0 spiro atoms. The standard InChI is InChI=1S/C87H170O17P2/c1-8-9-10-11-12-13-14-15-16-17-18-19-20-21-26-29-32-37-42-47-56-63-70-86(91)103-82(74-97-84(89)68-61-54-46-41-36-31-28-25-23-22-24-27-30-34-39-44-51-58-65-78(2)3)76-101-105(93,94)99-72-81(88)73-100-106(95,96)102-77-83(75-98-85(90)69-62-55-50-49-53-60-67-80(6)7)104-87(92)71-64-57-48-43-38-33-35-40-45-52-59-66-79(4)5/h78-83,88H,8-77H2,1-7H3,(H,93,94)(H,95,96)/t81-,82-,83-/m1/s1. The van der Waals surface area contributed by atoms with Crippen LogP contribution in [0.25, 0.3) is 0 Å². The summed E-state index contributed by atoms with van der Waals surface area (Å²) >= 11 is 0. The molecule has 5 atom stereocenters. The minimum atomic E-state index is -4.97. The van der Waals surface area contributed by atoms with E-state index in [0.717, 1.165) is 108 Å². The van der Waals surface area contributed by atoms with Gasteiger partial charge in [0.15, 0.2) is 12.2 Å². The molecule has 0 heterocycles. The van der Waals surface area contributed by atoms with E-state index in [4.69, 9.17) is 37.0 Å². The van der Waals surface area contributed by atoms with Crippen molar-refractivity contribution >= 4 is 39.5 Å². The molecule has 0 aliphatic carbocycles. The summed E-state index contributed by atoms with van der Waals surface area (Å²) in [5.41, 5.74) is 0. The van der Waals surface area contributed by atoms with Gasteiger partial charge in [-0.05, 0) is 43.4 Å². The lowest BCUT2D eigenvalue weighted by Gasteiger charge is -2.21. The third-order valence-corrected chi connectivity index (χ3v) is 22.3. The first-order valence-corrected chi connectivity index (χ1v) is 47.8. The number of carbonyl (C=O) groups excluding carboxylic acids is 4. The smallest absolute Gasteiger partial charge is 0.462 e. The van der Waals surface area contributed by atoms with E-state index in [1.807, 2.05) is 0 Å². The van der Waals surface area contributed by atoms with Crippen molar-refractivity contribution in [1.29, 1.82) is 0 Å². The summed E-state index contributed by atoms with van der Waals surface area (Å²) in [4.78, 5) is 73.2. The number of carbonyl (C=O) groups is 4. The number of aliphatic hydroxyl groups is 1. The molecule has 0 aliphatic rings. The van der Waals surface area contributed by atoms with Gasteiger partial charge in [0.2, 0.25) is 0 Å². The predicted molar refractivity (Wildman–Crippen MR) is 437 cm³/mol. The van der Waals surface area contributed by atoms with Gasteiger partial charge in [-0.3, -0.25) is 37.3 Å². The maximum atomic E-state index is 13.2. The van der Waals surface area contributed by atoms with Crippen LogP contribution < -0.4 is 0 Å². The van der Waals surface area contributed by atoms with E-state index in [1.165, 1.54) is 263 Å². The van der Waals surface area contributed by atoms with Crippen molar-refractivity contribution in [1.82, 2.24) is 0 Å². The molecule has 0 bridgehead atoms. The molecular formula is C87H170O17P2. The van der Waals surface area contributed by atoms with Crippen LogP contribution in [0.5, 0.6) is 0 Å². The van der Waals surface area contributed by atoms with Gasteiger partial charge in [-0.2, -0.15) is 0 Å². The van der Waals surface area contributed by atoms with Gasteiger partial charge in [-0.1, -0.05) is 408 Å². The molecule has 0 amide bonds. The molecule has 0 saturated heterocycles. The number of hydrogen-bond acceptors (Lipinski definition) is 15. The summed E-state index contributed by atoms with van der Waals surface area (Å²) in [5.74, 6) is 0.160. The Balaban J connectivity index is 5.19. The lowest BCUT2D eigenvalue weighted by Crippen LogP contribution is -2.30. The number of hydrogen-bond donors (Lipinski definition) is 3. The second-order valence-corrected chi connectivity index (χ2v) is 35.6. The highest BCUT2D eigenvalue weighted by atomic mass is 31.2. The Kier molecular flexibility index (Phi) is 75.6. The number of phosphoric acid groups is 2. The third-order valence-electron chi connectivity index (χ3n) is 20.4. The van der Waals surface area contributed by atoms with Gasteiger partial charge in [0.1, 0.15) is 19.3 Å². The Bertz CT molecular complexity index is 2040.